The fraction of sp³-hybridized carbons (Fsp3) is 0.364. The largest absolute Gasteiger partial charge is 0.385 e. The van der Waals surface area contributed by atoms with Crippen molar-refractivity contribution in [3.8, 4) is 6.07 Å². The fourth-order valence-electron chi connectivity index (χ4n) is 1.84. The Morgan fingerprint density at radius 2 is 2.36 bits per heavy atom. The second-order valence-corrected chi connectivity index (χ2v) is 4.25. The van der Waals surface area contributed by atoms with E-state index in [0.29, 0.717) is 5.02 Å². The molecule has 0 saturated heterocycles. The van der Waals surface area contributed by atoms with E-state index in [1.807, 2.05) is 25.1 Å². The minimum absolute atomic E-state index is 0.370. The first kappa shape index (κ1) is 9.36. The molecule has 0 aliphatic carbocycles. The van der Waals surface area contributed by atoms with Gasteiger partial charge in [0.25, 0.3) is 0 Å². The minimum atomic E-state index is -0.370. The molecule has 1 aromatic carbocycles. The number of nitrogens with one attached hydrogen (secondary N) is 1. The van der Waals surface area contributed by atoms with Crippen LogP contribution in [0.3, 0.4) is 0 Å². The van der Waals surface area contributed by atoms with Crippen LogP contribution >= 0.6 is 11.6 Å². The van der Waals surface area contributed by atoms with E-state index in [-0.39, 0.29) is 5.41 Å². The topological polar surface area (TPSA) is 35.8 Å². The van der Waals surface area contributed by atoms with Gasteiger partial charge >= 0.3 is 0 Å². The molecule has 0 spiro atoms. The Bertz CT molecular complexity index is 408. The van der Waals surface area contributed by atoms with Crippen LogP contribution in [0, 0.1) is 11.3 Å². The quantitative estimate of drug-likeness (QED) is 0.709. The predicted molar refractivity (Wildman–Crippen MR) is 57.5 cm³/mol. The van der Waals surface area contributed by atoms with Crippen molar-refractivity contribution in [2.24, 2.45) is 0 Å². The zero-order valence-electron chi connectivity index (χ0n) is 7.97. The first-order valence-electron chi connectivity index (χ1n) is 4.61. The number of hydrogen-bond donors (Lipinski definition) is 1. The molecule has 3 heteroatoms. The average Bonchev–Trinajstić information content (AvgIpc) is 2.18. The molecular weight excluding hydrogens is 196 g/mol. The first-order chi connectivity index (χ1) is 6.65. The monoisotopic (exact) mass is 206 g/mol. The number of nitriles is 1. The van der Waals surface area contributed by atoms with Crippen molar-refractivity contribution in [2.45, 2.75) is 18.8 Å². The molecule has 72 valence electrons. The van der Waals surface area contributed by atoms with Crippen molar-refractivity contribution in [3.05, 3.63) is 28.8 Å². The second-order valence-electron chi connectivity index (χ2n) is 3.81. The molecule has 0 radical (unpaired) electrons. The van der Waals surface area contributed by atoms with Gasteiger partial charge in [0, 0.05) is 17.3 Å². The maximum atomic E-state index is 9.16. The van der Waals surface area contributed by atoms with Crippen LogP contribution in [0.25, 0.3) is 0 Å². The molecule has 1 aliphatic heterocycles. The van der Waals surface area contributed by atoms with E-state index in [1.165, 1.54) is 0 Å². The van der Waals surface area contributed by atoms with E-state index in [1.54, 1.807) is 0 Å². The predicted octanol–water partition coefficient (Wildman–Crippen LogP) is 2.94. The standard InChI is InChI=1S/C11H11ClN2/c1-11(7-13)4-5-14-10-6-8(12)2-3-9(10)11/h2-3,6,14H,4-5H2,1H3. The summed E-state index contributed by atoms with van der Waals surface area (Å²) in [5.41, 5.74) is 1.67. The van der Waals surface area contributed by atoms with Crippen LogP contribution in [-0.2, 0) is 5.41 Å². The highest BCUT2D eigenvalue weighted by molar-refractivity contribution is 6.30. The van der Waals surface area contributed by atoms with Gasteiger partial charge in [-0.1, -0.05) is 17.7 Å². The lowest BCUT2D eigenvalue weighted by molar-refractivity contribution is 0.555. The first-order valence-corrected chi connectivity index (χ1v) is 4.99. The van der Waals surface area contributed by atoms with E-state index in [0.717, 1.165) is 24.2 Å². The summed E-state index contributed by atoms with van der Waals surface area (Å²) in [5.74, 6) is 0. The molecule has 14 heavy (non-hydrogen) atoms. The van der Waals surface area contributed by atoms with Crippen molar-refractivity contribution in [1.82, 2.24) is 0 Å². The summed E-state index contributed by atoms with van der Waals surface area (Å²) in [6.45, 7) is 2.80. The van der Waals surface area contributed by atoms with Gasteiger partial charge in [0.2, 0.25) is 0 Å². The van der Waals surface area contributed by atoms with Crippen LogP contribution in [0.4, 0.5) is 5.69 Å². The van der Waals surface area contributed by atoms with E-state index in [2.05, 4.69) is 11.4 Å². The number of nitrogens with zero attached hydrogens (tertiary/aromatic N) is 1. The van der Waals surface area contributed by atoms with Gasteiger partial charge in [-0.25, -0.2) is 0 Å². The average molecular weight is 207 g/mol. The second kappa shape index (κ2) is 3.18. The molecule has 2 nitrogen and oxygen atoms in total. The summed E-state index contributed by atoms with van der Waals surface area (Å²) in [6.07, 6.45) is 0.845. The van der Waals surface area contributed by atoms with Gasteiger partial charge in [-0.05, 0) is 31.0 Å². The van der Waals surface area contributed by atoms with Gasteiger partial charge in [-0.2, -0.15) is 5.26 Å². The Morgan fingerprint density at radius 3 is 3.07 bits per heavy atom. The van der Waals surface area contributed by atoms with Crippen molar-refractivity contribution in [1.29, 1.82) is 5.26 Å². The highest BCUT2D eigenvalue weighted by Gasteiger charge is 2.31. The van der Waals surface area contributed by atoms with Crippen LogP contribution in [0.1, 0.15) is 18.9 Å². The molecule has 0 aromatic heterocycles. The van der Waals surface area contributed by atoms with E-state index >= 15 is 0 Å². The Kier molecular flexibility index (Phi) is 2.13. The maximum absolute atomic E-state index is 9.16. The zero-order chi connectivity index (χ0) is 10.2. The van der Waals surface area contributed by atoms with Crippen LogP contribution < -0.4 is 5.32 Å². The molecule has 1 aliphatic rings. The Balaban J connectivity index is 2.57. The lowest BCUT2D eigenvalue weighted by Crippen LogP contribution is -2.29. The zero-order valence-corrected chi connectivity index (χ0v) is 8.73. The number of benzene rings is 1. The van der Waals surface area contributed by atoms with E-state index in [4.69, 9.17) is 16.9 Å². The van der Waals surface area contributed by atoms with Crippen LogP contribution in [0.2, 0.25) is 5.02 Å². The molecule has 1 unspecified atom stereocenters. The summed E-state index contributed by atoms with van der Waals surface area (Å²) in [7, 11) is 0. The Hall–Kier alpha value is -1.20. The molecule has 0 amide bonds. The van der Waals surface area contributed by atoms with Crippen molar-refractivity contribution in [2.75, 3.05) is 11.9 Å². The summed E-state index contributed by atoms with van der Waals surface area (Å²) in [5, 5.41) is 13.1. The number of hydrogen-bond acceptors (Lipinski definition) is 2. The molecule has 0 bridgehead atoms. The minimum Gasteiger partial charge on any atom is -0.385 e. The molecule has 0 fully saturated rings. The number of halogens is 1. The SMILES string of the molecule is CC1(C#N)CCNc2cc(Cl)ccc21. The smallest absolute Gasteiger partial charge is 0.0830 e. The third-order valence-corrected chi connectivity index (χ3v) is 3.00. The van der Waals surface area contributed by atoms with Gasteiger partial charge in [0.1, 0.15) is 0 Å². The lowest BCUT2D eigenvalue weighted by atomic mass is 9.78. The summed E-state index contributed by atoms with van der Waals surface area (Å²) < 4.78 is 0. The van der Waals surface area contributed by atoms with Crippen LogP contribution in [0.5, 0.6) is 0 Å². The fourth-order valence-corrected chi connectivity index (χ4v) is 2.01. The lowest BCUT2D eigenvalue weighted by Gasteiger charge is -2.30. The van der Waals surface area contributed by atoms with Gasteiger partial charge in [-0.3, -0.25) is 0 Å². The van der Waals surface area contributed by atoms with E-state index < -0.39 is 0 Å². The van der Waals surface area contributed by atoms with Gasteiger partial charge < -0.3 is 5.32 Å². The van der Waals surface area contributed by atoms with Gasteiger partial charge in [0.15, 0.2) is 0 Å². The third kappa shape index (κ3) is 1.34. The van der Waals surface area contributed by atoms with Gasteiger partial charge in [-0.15, -0.1) is 0 Å². The Labute approximate surface area is 88.5 Å². The Morgan fingerprint density at radius 1 is 1.57 bits per heavy atom. The molecule has 2 rings (SSSR count). The summed E-state index contributed by atoms with van der Waals surface area (Å²) in [4.78, 5) is 0. The molecule has 1 N–H and O–H groups in total. The van der Waals surface area contributed by atoms with Crippen molar-refractivity contribution >= 4 is 17.3 Å². The number of fused-ring (bicyclic) bond motifs is 1. The maximum Gasteiger partial charge on any atom is 0.0830 e. The third-order valence-electron chi connectivity index (χ3n) is 2.76. The highest BCUT2D eigenvalue weighted by Crippen LogP contribution is 2.37. The van der Waals surface area contributed by atoms with E-state index in [9.17, 15) is 0 Å². The van der Waals surface area contributed by atoms with Crippen LogP contribution in [-0.4, -0.2) is 6.54 Å². The van der Waals surface area contributed by atoms with Crippen molar-refractivity contribution in [3.63, 3.8) is 0 Å². The normalized spacial score (nSPS) is 24.6. The molecule has 1 atom stereocenters. The summed E-state index contributed by atoms with van der Waals surface area (Å²) in [6, 6.07) is 8.03. The molecule has 1 heterocycles. The van der Waals surface area contributed by atoms with Crippen molar-refractivity contribution < 1.29 is 0 Å². The van der Waals surface area contributed by atoms with Crippen LogP contribution in [0.15, 0.2) is 18.2 Å². The molecule has 0 saturated carbocycles. The molecule has 1 aromatic rings. The number of anilines is 1. The highest BCUT2D eigenvalue weighted by atomic mass is 35.5. The van der Waals surface area contributed by atoms with Gasteiger partial charge in [0.05, 0.1) is 11.5 Å². The number of rotatable bonds is 0. The molecular formula is C11H11ClN2. The summed E-state index contributed by atoms with van der Waals surface area (Å²) >= 11 is 5.89.